The van der Waals surface area contributed by atoms with Crippen molar-refractivity contribution in [3.05, 3.63) is 65.5 Å². The van der Waals surface area contributed by atoms with Crippen LogP contribution >= 0.6 is 34.9 Å². The van der Waals surface area contributed by atoms with E-state index in [4.69, 9.17) is 4.98 Å². The average molecular weight is 510 g/mol. The molecule has 2 heterocycles. The summed E-state index contributed by atoms with van der Waals surface area (Å²) in [7, 11) is 0. The Hall–Kier alpha value is -2.36. The molecule has 0 aliphatic heterocycles. The van der Waals surface area contributed by atoms with Crippen molar-refractivity contribution in [3.8, 4) is 0 Å². The number of nitrogens with zero attached hydrogens (tertiary/aromatic N) is 4. The van der Waals surface area contributed by atoms with Crippen molar-refractivity contribution >= 4 is 51.0 Å². The normalized spacial score (nSPS) is 16.4. The highest BCUT2D eigenvalue weighted by Gasteiger charge is 2.25. The van der Waals surface area contributed by atoms with Crippen LogP contribution in [0.3, 0.4) is 0 Å². The minimum atomic E-state index is -0.256. The third-order valence-electron chi connectivity index (χ3n) is 6.05. The first-order chi connectivity index (χ1) is 16.6. The Morgan fingerprint density at radius 2 is 2.03 bits per heavy atom. The van der Waals surface area contributed by atoms with Gasteiger partial charge in [0.15, 0.2) is 9.50 Å². The summed E-state index contributed by atoms with van der Waals surface area (Å²) in [6.45, 7) is 4.79. The minimum Gasteiger partial charge on any atom is -0.348 e. The van der Waals surface area contributed by atoms with Crippen molar-refractivity contribution in [2.45, 2.75) is 66.2 Å². The first-order valence-electron chi connectivity index (χ1n) is 11.6. The van der Waals surface area contributed by atoms with Gasteiger partial charge >= 0.3 is 0 Å². The lowest BCUT2D eigenvalue weighted by Gasteiger charge is -2.27. The van der Waals surface area contributed by atoms with E-state index in [-0.39, 0.29) is 17.2 Å². The molecule has 1 aliphatic rings. The Morgan fingerprint density at radius 1 is 1.21 bits per heavy atom. The highest BCUT2D eigenvalue weighted by atomic mass is 32.2. The van der Waals surface area contributed by atoms with Crippen molar-refractivity contribution in [1.29, 1.82) is 0 Å². The van der Waals surface area contributed by atoms with Crippen molar-refractivity contribution in [1.82, 2.24) is 25.1 Å². The third-order valence-corrected chi connectivity index (χ3v) is 9.30. The highest BCUT2D eigenvalue weighted by Crippen LogP contribution is 2.33. The predicted molar refractivity (Wildman–Crippen MR) is 140 cm³/mol. The van der Waals surface area contributed by atoms with Gasteiger partial charge in [-0.2, -0.15) is 0 Å². The fourth-order valence-electron chi connectivity index (χ4n) is 4.27. The molecule has 0 saturated carbocycles. The van der Waals surface area contributed by atoms with Gasteiger partial charge in [-0.15, -0.1) is 21.5 Å². The summed E-state index contributed by atoms with van der Waals surface area (Å²) >= 11 is 4.85. The predicted octanol–water partition coefficient (Wildman–Crippen LogP) is 5.87. The van der Waals surface area contributed by atoms with Gasteiger partial charge in [0, 0.05) is 6.54 Å². The number of nitrogens with one attached hydrogen (secondary N) is 1. The third kappa shape index (κ3) is 5.01. The lowest BCUT2D eigenvalue weighted by atomic mass is 9.88. The van der Waals surface area contributed by atoms with Crippen LogP contribution in [0.15, 0.2) is 58.0 Å². The van der Waals surface area contributed by atoms with Gasteiger partial charge in [-0.25, -0.2) is 4.98 Å². The van der Waals surface area contributed by atoms with Crippen LogP contribution in [0.5, 0.6) is 0 Å². The number of rotatable bonds is 8. The Labute approximate surface area is 212 Å². The molecule has 0 fully saturated rings. The van der Waals surface area contributed by atoms with Crippen LogP contribution in [0.25, 0.3) is 10.2 Å². The number of thiazole rings is 1. The lowest BCUT2D eigenvalue weighted by Crippen LogP contribution is -2.36. The van der Waals surface area contributed by atoms with E-state index in [1.54, 1.807) is 23.1 Å². The largest absolute Gasteiger partial charge is 0.348 e. The van der Waals surface area contributed by atoms with Gasteiger partial charge in [-0.1, -0.05) is 59.9 Å². The molecule has 4 aromatic rings. The molecule has 2 unspecified atom stereocenters. The molecule has 1 N–H and O–H groups in total. The summed E-state index contributed by atoms with van der Waals surface area (Å²) in [5, 5.41) is 12.6. The lowest BCUT2D eigenvalue weighted by molar-refractivity contribution is -0.121. The second-order valence-electron chi connectivity index (χ2n) is 8.29. The molecule has 0 radical (unpaired) electrons. The molecule has 0 bridgehead atoms. The van der Waals surface area contributed by atoms with Crippen LogP contribution in [0.4, 0.5) is 0 Å². The number of carbonyl (C=O) groups excluding carboxylic acids is 1. The summed E-state index contributed by atoms with van der Waals surface area (Å²) in [6.07, 6.45) is 3.17. The van der Waals surface area contributed by atoms with Crippen LogP contribution < -0.4 is 5.32 Å². The molecular formula is C25H27N5OS3. The molecule has 2 aromatic heterocycles. The van der Waals surface area contributed by atoms with Gasteiger partial charge in [0.05, 0.1) is 27.3 Å². The number of hydrogen-bond donors (Lipinski definition) is 1. The molecule has 2 aromatic carbocycles. The van der Waals surface area contributed by atoms with E-state index >= 15 is 0 Å². The monoisotopic (exact) mass is 509 g/mol. The van der Waals surface area contributed by atoms with Crippen LogP contribution in [-0.4, -0.2) is 30.9 Å². The number of carbonyl (C=O) groups is 1. The van der Waals surface area contributed by atoms with Crippen molar-refractivity contribution in [2.24, 2.45) is 0 Å². The molecule has 5 rings (SSSR count). The fourth-order valence-corrected chi connectivity index (χ4v) is 7.22. The zero-order chi connectivity index (χ0) is 23.5. The summed E-state index contributed by atoms with van der Waals surface area (Å²) in [5.41, 5.74) is 3.63. The second kappa shape index (κ2) is 10.5. The quantitative estimate of drug-likeness (QED) is 0.299. The zero-order valence-electron chi connectivity index (χ0n) is 19.2. The van der Waals surface area contributed by atoms with Crippen LogP contribution in [0, 0.1) is 0 Å². The Kier molecular flexibility index (Phi) is 7.22. The molecule has 1 aliphatic carbocycles. The SMILES string of the molecule is CCn1c(CSc2nc3ccccc3s2)nnc1SC(C)C(=O)NC1CCCc2ccccc21. The number of amides is 1. The molecule has 34 heavy (non-hydrogen) atoms. The van der Waals surface area contributed by atoms with Crippen molar-refractivity contribution < 1.29 is 4.79 Å². The second-order valence-corrected chi connectivity index (χ2v) is 11.9. The van der Waals surface area contributed by atoms with Gasteiger partial charge in [0.1, 0.15) is 5.82 Å². The number of hydrogen-bond acceptors (Lipinski definition) is 7. The Morgan fingerprint density at radius 3 is 2.88 bits per heavy atom. The minimum absolute atomic E-state index is 0.0442. The topological polar surface area (TPSA) is 72.7 Å². The van der Waals surface area contributed by atoms with Crippen LogP contribution in [-0.2, 0) is 23.5 Å². The van der Waals surface area contributed by atoms with Gasteiger partial charge in [-0.05, 0) is 56.4 Å². The first-order valence-corrected chi connectivity index (χ1v) is 14.3. The molecule has 6 nitrogen and oxygen atoms in total. The van der Waals surface area contributed by atoms with Crippen molar-refractivity contribution in [2.75, 3.05) is 0 Å². The fraction of sp³-hybridized carbons (Fsp3) is 0.360. The van der Waals surface area contributed by atoms with E-state index in [9.17, 15) is 4.79 Å². The summed E-state index contributed by atoms with van der Waals surface area (Å²) in [5.74, 6) is 1.64. The number of thioether (sulfide) groups is 2. The van der Waals surface area contributed by atoms with Crippen LogP contribution in [0.2, 0.25) is 0 Å². The maximum Gasteiger partial charge on any atom is 0.233 e. The molecule has 9 heteroatoms. The summed E-state index contributed by atoms with van der Waals surface area (Å²) in [6, 6.07) is 16.7. The van der Waals surface area contributed by atoms with E-state index in [1.807, 2.05) is 25.1 Å². The molecule has 1 amide bonds. The van der Waals surface area contributed by atoms with Gasteiger partial charge in [0.25, 0.3) is 0 Å². The van der Waals surface area contributed by atoms with E-state index in [2.05, 4.69) is 57.3 Å². The van der Waals surface area contributed by atoms with E-state index in [0.717, 1.165) is 46.6 Å². The average Bonchev–Trinajstić information content (AvgIpc) is 3.45. The number of aryl methyl sites for hydroxylation is 1. The number of para-hydroxylation sites is 1. The van der Waals surface area contributed by atoms with E-state index in [1.165, 1.54) is 27.6 Å². The molecule has 2 atom stereocenters. The van der Waals surface area contributed by atoms with E-state index in [0.29, 0.717) is 5.75 Å². The van der Waals surface area contributed by atoms with E-state index < -0.39 is 0 Å². The smallest absolute Gasteiger partial charge is 0.233 e. The van der Waals surface area contributed by atoms with Gasteiger partial charge < -0.3 is 9.88 Å². The first kappa shape index (κ1) is 23.4. The molecule has 0 spiro atoms. The number of aromatic nitrogens is 4. The maximum absolute atomic E-state index is 13.0. The van der Waals surface area contributed by atoms with Crippen molar-refractivity contribution in [3.63, 3.8) is 0 Å². The maximum atomic E-state index is 13.0. The summed E-state index contributed by atoms with van der Waals surface area (Å²) < 4.78 is 4.32. The highest BCUT2D eigenvalue weighted by molar-refractivity contribution is 8.00. The molecule has 0 saturated heterocycles. The summed E-state index contributed by atoms with van der Waals surface area (Å²) in [4.78, 5) is 17.7. The zero-order valence-corrected chi connectivity index (χ0v) is 21.7. The molecular weight excluding hydrogens is 483 g/mol. The number of benzene rings is 2. The molecule has 176 valence electrons. The Bertz CT molecular complexity index is 1270. The number of fused-ring (bicyclic) bond motifs is 2. The standard InChI is InChI=1S/C25H27N5OS3/c1-3-30-22(15-32-25-27-20-12-6-7-14-21(20)34-25)28-29-24(30)33-16(2)23(31)26-19-13-8-10-17-9-4-5-11-18(17)19/h4-7,9,11-12,14,16,19H,3,8,10,13,15H2,1-2H3,(H,26,31). The Balaban J connectivity index is 1.22. The van der Waals surface area contributed by atoms with Crippen LogP contribution in [0.1, 0.15) is 49.7 Å². The van der Waals surface area contributed by atoms with Gasteiger partial charge in [-0.3, -0.25) is 4.79 Å². The van der Waals surface area contributed by atoms with Gasteiger partial charge in [0.2, 0.25) is 5.91 Å².